The van der Waals surface area contributed by atoms with Gasteiger partial charge in [0.1, 0.15) is 11.3 Å². The van der Waals surface area contributed by atoms with Gasteiger partial charge in [-0.15, -0.1) is 13.2 Å². The number of aliphatic carboxylic acids is 1. The van der Waals surface area contributed by atoms with Gasteiger partial charge in [0.25, 0.3) is 0 Å². The summed E-state index contributed by atoms with van der Waals surface area (Å²) < 4.78 is 1.81. The highest BCUT2D eigenvalue weighted by molar-refractivity contribution is 6.31. The lowest BCUT2D eigenvalue weighted by atomic mass is 10.00. The van der Waals surface area contributed by atoms with Crippen LogP contribution in [0, 0.1) is 5.92 Å². The second-order valence-corrected chi connectivity index (χ2v) is 8.13. The van der Waals surface area contributed by atoms with E-state index < -0.39 is 17.9 Å². The van der Waals surface area contributed by atoms with E-state index in [1.54, 1.807) is 43.1 Å². The molecule has 5 heterocycles. The van der Waals surface area contributed by atoms with Gasteiger partial charge in [-0.3, -0.25) is 9.78 Å². The second kappa shape index (κ2) is 8.57. The van der Waals surface area contributed by atoms with Crippen molar-refractivity contribution in [1.29, 1.82) is 0 Å². The molecule has 0 saturated heterocycles. The lowest BCUT2D eigenvalue weighted by Crippen LogP contribution is -2.23. The standard InChI is InChI=1S/C25H19ClN6O2/c1-3-16(25(33)34)21(4-2)32-13-20(14-5-7-27-8-6-14)19-12-30-23(31-24(19)32)18-11-29-22-17(18)9-15(26)10-28-22/h3-13,16,21H,1-2H2,(H,28,29)(H,33,34)/t16-,21-/m1/s1. The average molecular weight is 471 g/mol. The number of nitrogens with one attached hydrogen (secondary N) is 1. The first kappa shape index (κ1) is 21.5. The normalized spacial score (nSPS) is 13.1. The zero-order valence-corrected chi connectivity index (χ0v) is 18.6. The van der Waals surface area contributed by atoms with E-state index in [-0.39, 0.29) is 0 Å². The Balaban J connectivity index is 1.77. The van der Waals surface area contributed by atoms with Crippen molar-refractivity contribution in [3.8, 4) is 22.5 Å². The van der Waals surface area contributed by atoms with E-state index in [4.69, 9.17) is 16.6 Å². The van der Waals surface area contributed by atoms with Crippen LogP contribution in [0.4, 0.5) is 0 Å². The van der Waals surface area contributed by atoms with Gasteiger partial charge in [0, 0.05) is 59.1 Å². The highest BCUT2D eigenvalue weighted by Crippen LogP contribution is 2.36. The van der Waals surface area contributed by atoms with Gasteiger partial charge in [0.15, 0.2) is 5.82 Å². The largest absolute Gasteiger partial charge is 0.481 e. The van der Waals surface area contributed by atoms with Crippen LogP contribution in [0.2, 0.25) is 5.02 Å². The summed E-state index contributed by atoms with van der Waals surface area (Å²) in [5, 5.41) is 11.8. The first-order valence-corrected chi connectivity index (χ1v) is 10.8. The quantitative estimate of drug-likeness (QED) is 0.312. The molecular formula is C25H19ClN6O2. The number of allylic oxidation sites excluding steroid dienone is 1. The number of H-pyrrole nitrogens is 1. The molecule has 5 aromatic rings. The minimum atomic E-state index is -1.00. The van der Waals surface area contributed by atoms with Crippen LogP contribution in [0.3, 0.4) is 0 Å². The maximum atomic E-state index is 12.0. The van der Waals surface area contributed by atoms with Crippen molar-refractivity contribution in [2.45, 2.75) is 6.04 Å². The van der Waals surface area contributed by atoms with E-state index in [0.717, 1.165) is 27.5 Å². The van der Waals surface area contributed by atoms with Crippen molar-refractivity contribution in [3.63, 3.8) is 0 Å². The summed E-state index contributed by atoms with van der Waals surface area (Å²) in [5.41, 5.74) is 3.73. The molecule has 0 radical (unpaired) electrons. The Morgan fingerprint density at radius 2 is 1.91 bits per heavy atom. The van der Waals surface area contributed by atoms with Crippen LogP contribution in [0.5, 0.6) is 0 Å². The fraction of sp³-hybridized carbons (Fsp3) is 0.0800. The molecule has 0 amide bonds. The molecule has 0 spiro atoms. The third-order valence-corrected chi connectivity index (χ3v) is 5.98. The first-order valence-electron chi connectivity index (χ1n) is 10.4. The molecule has 0 unspecified atom stereocenters. The van der Waals surface area contributed by atoms with Crippen LogP contribution >= 0.6 is 11.6 Å². The summed E-state index contributed by atoms with van der Waals surface area (Å²) in [6, 6.07) is 4.95. The summed E-state index contributed by atoms with van der Waals surface area (Å²) >= 11 is 6.16. The van der Waals surface area contributed by atoms with Gasteiger partial charge in [-0.25, -0.2) is 15.0 Å². The summed E-state index contributed by atoms with van der Waals surface area (Å²) in [6.07, 6.45) is 13.4. The Morgan fingerprint density at radius 3 is 2.62 bits per heavy atom. The number of rotatable bonds is 7. The summed E-state index contributed by atoms with van der Waals surface area (Å²) in [4.78, 5) is 32.9. The van der Waals surface area contributed by atoms with Crippen molar-refractivity contribution < 1.29 is 9.90 Å². The molecule has 0 saturated carbocycles. The summed E-state index contributed by atoms with van der Waals surface area (Å²) in [6.45, 7) is 7.60. The van der Waals surface area contributed by atoms with Crippen molar-refractivity contribution in [1.82, 2.24) is 29.5 Å². The molecule has 0 bridgehead atoms. The van der Waals surface area contributed by atoms with Crippen LogP contribution in [0.25, 0.3) is 44.6 Å². The number of carboxylic acids is 1. The van der Waals surface area contributed by atoms with E-state index >= 15 is 0 Å². The van der Waals surface area contributed by atoms with Gasteiger partial charge in [-0.05, 0) is 23.8 Å². The molecule has 5 aromatic heterocycles. The number of carbonyl (C=O) groups is 1. The number of carboxylic acid groups (broad SMARTS) is 1. The van der Waals surface area contributed by atoms with Crippen molar-refractivity contribution in [2.24, 2.45) is 5.92 Å². The topological polar surface area (TPSA) is 110 Å². The molecule has 34 heavy (non-hydrogen) atoms. The molecule has 0 fully saturated rings. The number of nitrogens with zero attached hydrogens (tertiary/aromatic N) is 5. The van der Waals surface area contributed by atoms with Gasteiger partial charge in [-0.2, -0.15) is 0 Å². The van der Waals surface area contributed by atoms with Gasteiger partial charge < -0.3 is 14.7 Å². The molecule has 168 valence electrons. The number of hydrogen-bond donors (Lipinski definition) is 2. The first-order chi connectivity index (χ1) is 16.5. The van der Waals surface area contributed by atoms with Crippen molar-refractivity contribution >= 4 is 39.6 Å². The molecule has 0 aliphatic carbocycles. The molecule has 0 aliphatic rings. The second-order valence-electron chi connectivity index (χ2n) is 7.69. The molecule has 5 rings (SSSR count). The van der Waals surface area contributed by atoms with E-state index in [2.05, 4.69) is 33.1 Å². The Labute approximate surface area is 199 Å². The van der Waals surface area contributed by atoms with Gasteiger partial charge >= 0.3 is 5.97 Å². The zero-order chi connectivity index (χ0) is 23.8. The average Bonchev–Trinajstić information content (AvgIpc) is 3.43. The molecule has 9 heteroatoms. The van der Waals surface area contributed by atoms with Crippen LogP contribution in [-0.4, -0.2) is 40.6 Å². The van der Waals surface area contributed by atoms with Crippen LogP contribution in [0.1, 0.15) is 6.04 Å². The highest BCUT2D eigenvalue weighted by atomic mass is 35.5. The van der Waals surface area contributed by atoms with Crippen LogP contribution in [0.15, 0.2) is 80.7 Å². The van der Waals surface area contributed by atoms with Gasteiger partial charge in [-0.1, -0.05) is 23.8 Å². The van der Waals surface area contributed by atoms with Gasteiger partial charge in [0.05, 0.1) is 17.0 Å². The fourth-order valence-corrected chi connectivity index (χ4v) is 4.29. The van der Waals surface area contributed by atoms with E-state index in [1.165, 1.54) is 6.08 Å². The molecular weight excluding hydrogens is 452 g/mol. The SMILES string of the molecule is C=C[C@H]([C@@H](C=C)C(=O)O)n1cc(-c2ccncc2)c2cnc(-c3c[nH]c4ncc(Cl)cc34)nc21. The predicted molar refractivity (Wildman–Crippen MR) is 131 cm³/mol. The fourth-order valence-electron chi connectivity index (χ4n) is 4.13. The van der Waals surface area contributed by atoms with Crippen molar-refractivity contribution in [2.75, 3.05) is 0 Å². The third-order valence-electron chi connectivity index (χ3n) is 5.77. The summed E-state index contributed by atoms with van der Waals surface area (Å²) in [7, 11) is 0. The maximum Gasteiger partial charge on any atom is 0.312 e. The third kappa shape index (κ3) is 3.54. The molecule has 8 nitrogen and oxygen atoms in total. The number of aromatic amines is 1. The maximum absolute atomic E-state index is 12.0. The monoisotopic (exact) mass is 470 g/mol. The number of aromatic nitrogens is 6. The Kier molecular flexibility index (Phi) is 5.43. The molecule has 2 atom stereocenters. The van der Waals surface area contributed by atoms with Crippen LogP contribution < -0.4 is 0 Å². The lowest BCUT2D eigenvalue weighted by molar-refractivity contribution is -0.140. The van der Waals surface area contributed by atoms with E-state index in [9.17, 15) is 9.90 Å². The predicted octanol–water partition coefficient (Wildman–Crippen LogP) is 5.30. The van der Waals surface area contributed by atoms with E-state index in [1.807, 2.05) is 22.9 Å². The zero-order valence-electron chi connectivity index (χ0n) is 17.9. The van der Waals surface area contributed by atoms with Crippen molar-refractivity contribution in [3.05, 3.63) is 85.7 Å². The van der Waals surface area contributed by atoms with Crippen LogP contribution in [-0.2, 0) is 4.79 Å². The number of halogens is 1. The highest BCUT2D eigenvalue weighted by Gasteiger charge is 2.27. The molecule has 0 aromatic carbocycles. The molecule has 0 aliphatic heterocycles. The Hall–Kier alpha value is -4.30. The number of pyridine rings is 2. The Morgan fingerprint density at radius 1 is 1.12 bits per heavy atom. The van der Waals surface area contributed by atoms with Gasteiger partial charge in [0.2, 0.25) is 0 Å². The number of hydrogen-bond acceptors (Lipinski definition) is 5. The number of fused-ring (bicyclic) bond motifs is 2. The lowest BCUT2D eigenvalue weighted by Gasteiger charge is -2.20. The minimum absolute atomic E-state index is 0.455. The Bertz CT molecular complexity index is 1560. The minimum Gasteiger partial charge on any atom is -0.481 e. The van der Waals surface area contributed by atoms with E-state index in [0.29, 0.717) is 22.1 Å². The summed E-state index contributed by atoms with van der Waals surface area (Å²) in [5.74, 6) is -1.44. The molecule has 2 N–H and O–H groups in total. The smallest absolute Gasteiger partial charge is 0.312 e.